The molecule has 1 aliphatic heterocycles. The molecule has 220 valence electrons. The lowest BCUT2D eigenvalue weighted by molar-refractivity contribution is -0.174. The number of halogens is 1. The molecule has 0 amide bonds. The first kappa shape index (κ1) is 30.1. The van der Waals surface area contributed by atoms with Gasteiger partial charge in [-0.15, -0.1) is 5.06 Å². The van der Waals surface area contributed by atoms with Crippen LogP contribution in [0.3, 0.4) is 0 Å². The van der Waals surface area contributed by atoms with Crippen molar-refractivity contribution in [3.8, 4) is 0 Å². The van der Waals surface area contributed by atoms with Crippen molar-refractivity contribution in [2.45, 2.75) is 64.8 Å². The van der Waals surface area contributed by atoms with Gasteiger partial charge in [0.05, 0.1) is 5.69 Å². The second-order valence-electron chi connectivity index (χ2n) is 10.5. The quantitative estimate of drug-likeness (QED) is 0.209. The van der Waals surface area contributed by atoms with E-state index in [9.17, 15) is 19.8 Å². The van der Waals surface area contributed by atoms with Crippen molar-refractivity contribution in [3.05, 3.63) is 75.5 Å². The van der Waals surface area contributed by atoms with Gasteiger partial charge in [0.1, 0.15) is 23.2 Å². The minimum atomic E-state index is -1.27. The van der Waals surface area contributed by atoms with Crippen LogP contribution in [0.2, 0.25) is 0 Å². The lowest BCUT2D eigenvalue weighted by Gasteiger charge is -2.27. The maximum atomic E-state index is 15.2. The van der Waals surface area contributed by atoms with Gasteiger partial charge in [-0.05, 0) is 87.3 Å². The van der Waals surface area contributed by atoms with Gasteiger partial charge in [0.2, 0.25) is 0 Å². The van der Waals surface area contributed by atoms with E-state index in [1.807, 2.05) is 26.1 Å². The van der Waals surface area contributed by atoms with Gasteiger partial charge in [0.15, 0.2) is 0 Å². The largest absolute Gasteiger partial charge is 0.480 e. The Bertz CT molecular complexity index is 1370. The van der Waals surface area contributed by atoms with Crippen LogP contribution in [0.5, 0.6) is 0 Å². The molecule has 3 aromatic rings. The van der Waals surface area contributed by atoms with Crippen molar-refractivity contribution < 1.29 is 29.0 Å². The first-order valence-corrected chi connectivity index (χ1v) is 14.0. The SMILES string of the molecule is Cc1cc(Cc2cc(C)c(C(=O)ON(CCCCc3ccc4c(n3)NCCC4)[C@@H](CCO)C(=O)O)c(F)c2)n(C)n1. The topological polar surface area (TPSA) is 130 Å². The number of aryl methyl sites for hydroxylation is 5. The number of unbranched alkanes of at least 4 members (excludes halogenated alkanes) is 1. The molecule has 3 N–H and O–H groups in total. The number of benzene rings is 1. The van der Waals surface area contributed by atoms with Crippen molar-refractivity contribution in [2.75, 3.05) is 25.0 Å². The molecule has 0 unspecified atom stereocenters. The van der Waals surface area contributed by atoms with E-state index in [-0.39, 0.29) is 18.5 Å². The van der Waals surface area contributed by atoms with Gasteiger partial charge in [-0.1, -0.05) is 12.1 Å². The second-order valence-corrected chi connectivity index (χ2v) is 10.5. The fourth-order valence-corrected chi connectivity index (χ4v) is 5.23. The summed E-state index contributed by atoms with van der Waals surface area (Å²) in [6.07, 6.45) is 4.21. The van der Waals surface area contributed by atoms with Crippen LogP contribution >= 0.6 is 0 Å². The van der Waals surface area contributed by atoms with Gasteiger partial charge in [-0.25, -0.2) is 14.2 Å². The summed E-state index contributed by atoms with van der Waals surface area (Å²) in [4.78, 5) is 35.3. The van der Waals surface area contributed by atoms with E-state index in [1.165, 1.54) is 11.6 Å². The third-order valence-corrected chi connectivity index (χ3v) is 7.28. The lowest BCUT2D eigenvalue weighted by Crippen LogP contribution is -2.44. The molecule has 0 aliphatic carbocycles. The summed E-state index contributed by atoms with van der Waals surface area (Å²) in [6.45, 7) is 4.09. The number of carbonyl (C=O) groups excluding carboxylic acids is 1. The molecule has 0 saturated heterocycles. The molecule has 0 fully saturated rings. The summed E-state index contributed by atoms with van der Waals surface area (Å²) in [6, 6.07) is 7.73. The zero-order chi connectivity index (χ0) is 29.5. The number of hydrogen-bond acceptors (Lipinski definition) is 8. The van der Waals surface area contributed by atoms with Crippen molar-refractivity contribution in [1.29, 1.82) is 0 Å². The summed E-state index contributed by atoms with van der Waals surface area (Å²) in [5.74, 6) is -2.05. The van der Waals surface area contributed by atoms with Crippen LogP contribution in [-0.4, -0.2) is 67.7 Å². The number of aliphatic hydroxyl groups is 1. The van der Waals surface area contributed by atoms with Crippen LogP contribution in [0.4, 0.5) is 10.2 Å². The molecule has 1 aliphatic rings. The highest BCUT2D eigenvalue weighted by atomic mass is 19.1. The number of nitrogens with zero attached hydrogens (tertiary/aromatic N) is 4. The van der Waals surface area contributed by atoms with Crippen LogP contribution in [-0.2, 0) is 35.9 Å². The Morgan fingerprint density at radius 3 is 2.71 bits per heavy atom. The monoisotopic (exact) mass is 567 g/mol. The zero-order valence-corrected chi connectivity index (χ0v) is 23.8. The molecule has 0 spiro atoms. The third-order valence-electron chi connectivity index (χ3n) is 7.28. The Kier molecular flexibility index (Phi) is 10.1. The molecule has 0 saturated carbocycles. The van der Waals surface area contributed by atoms with E-state index in [0.29, 0.717) is 36.8 Å². The number of rotatable bonds is 13. The number of pyridine rings is 1. The van der Waals surface area contributed by atoms with Crippen LogP contribution in [0.1, 0.15) is 69.8 Å². The van der Waals surface area contributed by atoms with E-state index < -0.39 is 30.4 Å². The molecular weight excluding hydrogens is 529 g/mol. The molecular formula is C30H38FN5O5. The molecule has 0 bridgehead atoms. The molecule has 41 heavy (non-hydrogen) atoms. The van der Waals surface area contributed by atoms with Crippen LogP contribution in [0, 0.1) is 19.7 Å². The van der Waals surface area contributed by atoms with Crippen molar-refractivity contribution in [1.82, 2.24) is 19.8 Å². The Morgan fingerprint density at radius 1 is 1.22 bits per heavy atom. The predicted molar refractivity (Wildman–Crippen MR) is 151 cm³/mol. The summed E-state index contributed by atoms with van der Waals surface area (Å²) < 4.78 is 17.0. The van der Waals surface area contributed by atoms with Crippen molar-refractivity contribution in [2.24, 2.45) is 7.05 Å². The fourth-order valence-electron chi connectivity index (χ4n) is 5.23. The molecule has 2 aromatic heterocycles. The van der Waals surface area contributed by atoms with Gasteiger partial charge in [0, 0.05) is 44.6 Å². The van der Waals surface area contributed by atoms with Gasteiger partial charge >= 0.3 is 11.9 Å². The molecule has 10 nitrogen and oxygen atoms in total. The summed E-state index contributed by atoms with van der Waals surface area (Å²) in [5, 5.41) is 27.9. The second kappa shape index (κ2) is 13.7. The highest BCUT2D eigenvalue weighted by molar-refractivity contribution is 5.91. The van der Waals surface area contributed by atoms with Crippen LogP contribution < -0.4 is 5.32 Å². The van der Waals surface area contributed by atoms with E-state index in [4.69, 9.17) is 4.84 Å². The van der Waals surface area contributed by atoms with Crippen molar-refractivity contribution in [3.63, 3.8) is 0 Å². The van der Waals surface area contributed by atoms with Gasteiger partial charge in [-0.2, -0.15) is 5.10 Å². The molecule has 4 rings (SSSR count). The number of hydroxylamine groups is 2. The number of carboxylic acids is 1. The average molecular weight is 568 g/mol. The van der Waals surface area contributed by atoms with Gasteiger partial charge in [0.25, 0.3) is 0 Å². The highest BCUT2D eigenvalue weighted by Crippen LogP contribution is 2.23. The maximum Gasteiger partial charge on any atom is 0.360 e. The number of aromatic nitrogens is 3. The first-order chi connectivity index (χ1) is 19.7. The van der Waals surface area contributed by atoms with Crippen LogP contribution in [0.25, 0.3) is 0 Å². The number of hydrogen-bond donors (Lipinski definition) is 3. The maximum absolute atomic E-state index is 15.2. The average Bonchev–Trinajstić information content (AvgIpc) is 3.24. The smallest absolute Gasteiger partial charge is 0.360 e. The Morgan fingerprint density at radius 2 is 2.02 bits per heavy atom. The number of aliphatic hydroxyl groups excluding tert-OH is 1. The normalized spacial score (nSPS) is 13.5. The van der Waals surface area contributed by atoms with Crippen molar-refractivity contribution >= 4 is 17.8 Å². The number of fused-ring (bicyclic) bond motifs is 1. The first-order valence-electron chi connectivity index (χ1n) is 14.0. The van der Waals surface area contributed by atoms with Crippen LogP contribution in [0.15, 0.2) is 30.3 Å². The van der Waals surface area contributed by atoms with E-state index in [1.54, 1.807) is 17.7 Å². The number of carbonyl (C=O) groups is 2. The summed E-state index contributed by atoms with van der Waals surface area (Å²) in [5.41, 5.74) is 4.68. The molecule has 11 heteroatoms. The number of aliphatic carboxylic acids is 1. The molecule has 0 radical (unpaired) electrons. The predicted octanol–water partition coefficient (Wildman–Crippen LogP) is 3.75. The summed E-state index contributed by atoms with van der Waals surface area (Å²) >= 11 is 0. The highest BCUT2D eigenvalue weighted by Gasteiger charge is 2.30. The molecule has 1 aromatic carbocycles. The minimum Gasteiger partial charge on any atom is -0.480 e. The Labute approximate surface area is 239 Å². The van der Waals surface area contributed by atoms with Gasteiger partial charge < -0.3 is 20.4 Å². The number of anilines is 1. The Balaban J connectivity index is 1.43. The minimum absolute atomic E-state index is 0.102. The third kappa shape index (κ3) is 7.68. The zero-order valence-electron chi connectivity index (χ0n) is 23.8. The lowest BCUT2D eigenvalue weighted by atomic mass is 10.0. The molecule has 1 atom stereocenters. The van der Waals surface area contributed by atoms with Gasteiger partial charge in [-0.3, -0.25) is 9.48 Å². The summed E-state index contributed by atoms with van der Waals surface area (Å²) in [7, 11) is 1.82. The van der Waals surface area contributed by atoms with E-state index >= 15 is 4.39 Å². The Hall–Kier alpha value is -3.83. The standard InChI is InChI=1S/C30H38FN5O5/c1-19-15-21(17-24-16-20(2)34-35(24)3)18-25(31)27(19)30(40)41-36(26(11-14-37)29(38)39)13-5-4-8-23-10-9-22-7-6-12-32-28(22)33-23/h9-10,15-16,18,26,37H,4-8,11-14,17H2,1-3H3,(H,32,33)(H,38,39)/t26-/m0/s1. The number of carboxylic acid groups (broad SMARTS) is 1. The number of nitrogens with one attached hydrogen (secondary N) is 1. The van der Waals surface area contributed by atoms with E-state index in [2.05, 4.69) is 21.5 Å². The molecule has 3 heterocycles. The fraction of sp³-hybridized carbons (Fsp3) is 0.467. The van der Waals surface area contributed by atoms with E-state index in [0.717, 1.165) is 47.3 Å².